The number of aliphatic carboxylic acids is 1. The lowest BCUT2D eigenvalue weighted by Crippen LogP contribution is -2.36. The molecule has 1 fully saturated rings. The Hall–Kier alpha value is -2.63. The second kappa shape index (κ2) is 7.32. The van der Waals surface area contributed by atoms with Gasteiger partial charge in [-0.05, 0) is 48.4 Å². The van der Waals surface area contributed by atoms with E-state index in [4.69, 9.17) is 4.74 Å². The van der Waals surface area contributed by atoms with Gasteiger partial charge in [-0.1, -0.05) is 26.0 Å². The van der Waals surface area contributed by atoms with Crippen LogP contribution in [0.15, 0.2) is 36.4 Å². The van der Waals surface area contributed by atoms with Gasteiger partial charge >= 0.3 is 11.9 Å². The van der Waals surface area contributed by atoms with Gasteiger partial charge in [-0.2, -0.15) is 0 Å². The lowest BCUT2D eigenvalue weighted by atomic mass is 9.82. The number of nitrogens with one attached hydrogen (secondary N) is 1. The number of anilines is 1. The third kappa shape index (κ3) is 3.64. The van der Waals surface area contributed by atoms with E-state index in [9.17, 15) is 19.5 Å². The number of hydrogen-bond acceptors (Lipinski definition) is 4. The van der Waals surface area contributed by atoms with Gasteiger partial charge in [0.1, 0.15) is 0 Å². The Labute approximate surface area is 152 Å². The Morgan fingerprint density at radius 3 is 2.31 bits per heavy atom. The molecule has 2 aliphatic carbocycles. The van der Waals surface area contributed by atoms with Crippen molar-refractivity contribution in [3.8, 4) is 0 Å². The number of ether oxygens (including phenoxy) is 1. The molecule has 1 aromatic carbocycles. The van der Waals surface area contributed by atoms with Crippen LogP contribution in [0.4, 0.5) is 5.69 Å². The second-order valence-corrected chi connectivity index (χ2v) is 7.40. The van der Waals surface area contributed by atoms with Crippen LogP contribution in [-0.2, 0) is 14.3 Å². The number of amides is 1. The fraction of sp³-hybridized carbons (Fsp3) is 0.450. The summed E-state index contributed by atoms with van der Waals surface area (Å²) in [6.07, 6.45) is 4.57. The van der Waals surface area contributed by atoms with Crippen molar-refractivity contribution in [2.75, 3.05) is 11.9 Å². The molecule has 6 nitrogen and oxygen atoms in total. The Kier molecular flexibility index (Phi) is 5.11. The third-order valence-corrected chi connectivity index (χ3v) is 4.98. The minimum atomic E-state index is -0.926. The first-order valence-electron chi connectivity index (χ1n) is 8.86. The highest BCUT2D eigenvalue weighted by Crippen LogP contribution is 2.48. The van der Waals surface area contributed by atoms with Crippen LogP contribution >= 0.6 is 0 Å². The van der Waals surface area contributed by atoms with Crippen molar-refractivity contribution in [1.82, 2.24) is 0 Å². The first-order valence-corrected chi connectivity index (χ1v) is 8.86. The highest BCUT2D eigenvalue weighted by molar-refractivity contribution is 5.97. The number of carbonyl (C=O) groups excluding carboxylic acids is 2. The van der Waals surface area contributed by atoms with Gasteiger partial charge in [-0.15, -0.1) is 0 Å². The van der Waals surface area contributed by atoms with Crippen LogP contribution in [0.25, 0.3) is 0 Å². The predicted octanol–water partition coefficient (Wildman–Crippen LogP) is 2.96. The van der Waals surface area contributed by atoms with Gasteiger partial charge in [0.15, 0.2) is 0 Å². The second-order valence-electron chi connectivity index (χ2n) is 7.40. The Morgan fingerprint density at radius 2 is 1.73 bits per heavy atom. The van der Waals surface area contributed by atoms with Gasteiger partial charge in [-0.3, -0.25) is 9.59 Å². The van der Waals surface area contributed by atoms with Crippen molar-refractivity contribution in [3.05, 3.63) is 42.0 Å². The maximum Gasteiger partial charge on any atom is 0.338 e. The minimum absolute atomic E-state index is 0.0219. The summed E-state index contributed by atoms with van der Waals surface area (Å²) in [4.78, 5) is 36.1. The summed E-state index contributed by atoms with van der Waals surface area (Å²) in [7, 11) is 0. The molecule has 1 amide bonds. The van der Waals surface area contributed by atoms with Crippen molar-refractivity contribution >= 4 is 23.5 Å². The molecule has 2 aliphatic rings. The highest BCUT2D eigenvalue weighted by Gasteiger charge is 2.51. The number of hydrogen-bond donors (Lipinski definition) is 2. The van der Waals surface area contributed by atoms with E-state index in [1.807, 2.05) is 26.0 Å². The number of rotatable bonds is 6. The molecule has 0 aliphatic heterocycles. The van der Waals surface area contributed by atoms with Crippen molar-refractivity contribution in [2.24, 2.45) is 29.6 Å². The summed E-state index contributed by atoms with van der Waals surface area (Å²) in [5.74, 6) is -2.67. The average molecular weight is 357 g/mol. The third-order valence-electron chi connectivity index (χ3n) is 4.98. The molecule has 1 aromatic rings. The van der Waals surface area contributed by atoms with Crippen molar-refractivity contribution in [1.29, 1.82) is 0 Å². The molecule has 6 heteroatoms. The molecule has 3 rings (SSSR count). The molecular formula is C20H23NO5. The van der Waals surface area contributed by atoms with E-state index >= 15 is 0 Å². The maximum absolute atomic E-state index is 12.6. The lowest BCUT2D eigenvalue weighted by Gasteiger charge is -2.23. The van der Waals surface area contributed by atoms with E-state index in [1.54, 1.807) is 24.3 Å². The van der Waals surface area contributed by atoms with E-state index in [0.29, 0.717) is 17.9 Å². The van der Waals surface area contributed by atoms with Gasteiger partial charge in [-0.25, -0.2) is 4.79 Å². The van der Waals surface area contributed by atoms with Gasteiger partial charge in [0.05, 0.1) is 24.0 Å². The molecule has 0 spiro atoms. The van der Waals surface area contributed by atoms with Crippen LogP contribution < -0.4 is 5.32 Å². The normalized spacial score (nSPS) is 26.1. The quantitative estimate of drug-likeness (QED) is 0.603. The topological polar surface area (TPSA) is 92.7 Å². The number of carboxylic acids is 1. The maximum atomic E-state index is 12.6. The Balaban J connectivity index is 1.64. The molecule has 4 atom stereocenters. The van der Waals surface area contributed by atoms with Crippen LogP contribution in [0.1, 0.15) is 30.6 Å². The molecule has 0 unspecified atom stereocenters. The van der Waals surface area contributed by atoms with Crippen LogP contribution in [0.3, 0.4) is 0 Å². The SMILES string of the molecule is CC(C)COC(=O)c1ccc(NC(=O)[C@@H]2[C@@H](C(=O)O)[C@H]3C=C[C@H]2C3)cc1. The van der Waals surface area contributed by atoms with Crippen LogP contribution in [0, 0.1) is 29.6 Å². The predicted molar refractivity (Wildman–Crippen MR) is 95.5 cm³/mol. The summed E-state index contributed by atoms with van der Waals surface area (Å²) in [6.45, 7) is 4.27. The largest absolute Gasteiger partial charge is 0.481 e. The Bertz CT molecular complexity index is 737. The summed E-state index contributed by atoms with van der Waals surface area (Å²) in [6, 6.07) is 6.44. The molecule has 0 saturated heterocycles. The number of esters is 1. The molecule has 26 heavy (non-hydrogen) atoms. The van der Waals surface area contributed by atoms with Crippen molar-refractivity contribution in [2.45, 2.75) is 20.3 Å². The molecule has 2 N–H and O–H groups in total. The number of carboxylic acid groups (broad SMARTS) is 1. The number of allylic oxidation sites excluding steroid dienone is 2. The summed E-state index contributed by atoms with van der Waals surface area (Å²) >= 11 is 0. The standard InChI is InChI=1S/C20H23NO5/c1-11(2)10-26-20(25)12-5-7-15(8-6-12)21-18(22)16-13-3-4-14(9-13)17(16)19(23)24/h3-8,11,13-14,16-17H,9-10H2,1-2H3,(H,21,22)(H,23,24)/t13-,14-,16-,17-/m0/s1. The van der Waals surface area contributed by atoms with Crippen molar-refractivity contribution in [3.63, 3.8) is 0 Å². The summed E-state index contributed by atoms with van der Waals surface area (Å²) in [5.41, 5.74) is 0.946. The average Bonchev–Trinajstić information content (AvgIpc) is 3.21. The molecule has 0 aromatic heterocycles. The van der Waals surface area contributed by atoms with E-state index in [2.05, 4.69) is 5.32 Å². The van der Waals surface area contributed by atoms with E-state index in [-0.39, 0.29) is 23.7 Å². The number of carbonyl (C=O) groups is 3. The minimum Gasteiger partial charge on any atom is -0.481 e. The van der Waals surface area contributed by atoms with Crippen LogP contribution in [0.5, 0.6) is 0 Å². The molecule has 0 heterocycles. The van der Waals surface area contributed by atoms with E-state index in [0.717, 1.165) is 6.42 Å². The summed E-state index contributed by atoms with van der Waals surface area (Å²) in [5, 5.41) is 12.2. The van der Waals surface area contributed by atoms with Gasteiger partial charge < -0.3 is 15.2 Å². The molecule has 1 saturated carbocycles. The highest BCUT2D eigenvalue weighted by atomic mass is 16.5. The zero-order valence-corrected chi connectivity index (χ0v) is 14.8. The van der Waals surface area contributed by atoms with Gasteiger partial charge in [0.25, 0.3) is 0 Å². The van der Waals surface area contributed by atoms with Crippen LogP contribution in [-0.4, -0.2) is 29.6 Å². The molecule has 138 valence electrons. The van der Waals surface area contributed by atoms with E-state index < -0.39 is 23.8 Å². The number of benzene rings is 1. The first kappa shape index (κ1) is 18.2. The van der Waals surface area contributed by atoms with Crippen molar-refractivity contribution < 1.29 is 24.2 Å². The zero-order valence-electron chi connectivity index (χ0n) is 14.8. The lowest BCUT2D eigenvalue weighted by molar-refractivity contribution is -0.146. The van der Waals surface area contributed by atoms with Gasteiger partial charge in [0.2, 0.25) is 5.91 Å². The molecule has 0 radical (unpaired) electrons. The van der Waals surface area contributed by atoms with E-state index in [1.165, 1.54) is 0 Å². The molecule has 2 bridgehead atoms. The zero-order chi connectivity index (χ0) is 18.8. The summed E-state index contributed by atoms with van der Waals surface area (Å²) < 4.78 is 5.17. The monoisotopic (exact) mass is 357 g/mol. The first-order chi connectivity index (χ1) is 12.4. The van der Waals surface area contributed by atoms with Gasteiger partial charge in [0, 0.05) is 5.69 Å². The van der Waals surface area contributed by atoms with Crippen LogP contribution in [0.2, 0.25) is 0 Å². The Morgan fingerprint density at radius 1 is 1.12 bits per heavy atom. The number of fused-ring (bicyclic) bond motifs is 2. The fourth-order valence-electron chi connectivity index (χ4n) is 3.76. The fourth-order valence-corrected chi connectivity index (χ4v) is 3.76. The molecular weight excluding hydrogens is 334 g/mol. The smallest absolute Gasteiger partial charge is 0.338 e.